The fraction of sp³-hybridized carbons (Fsp3) is 0.107. The fourth-order valence-electron chi connectivity index (χ4n) is 4.24. The van der Waals surface area contributed by atoms with Crippen LogP contribution in [0.2, 0.25) is 0 Å². The Kier molecular flexibility index (Phi) is 6.02. The zero-order valence-corrected chi connectivity index (χ0v) is 20.4. The first kappa shape index (κ1) is 22.6. The minimum atomic E-state index is -0.429. The number of phenols is 1. The number of rotatable bonds is 3. The van der Waals surface area contributed by atoms with Gasteiger partial charge in [0, 0.05) is 49.6 Å². The molecule has 2 heterocycles. The summed E-state index contributed by atoms with van der Waals surface area (Å²) in [6.07, 6.45) is 1.78. The molecule has 4 aromatic rings. The Balaban J connectivity index is 0.00000259. The predicted molar refractivity (Wildman–Crippen MR) is 128 cm³/mol. The standard InChI is InChI=1S/C28H20N3O.Pt/c1-28(2)23-11-7-10-21(18-8-6-9-19(16-18)24-12-4-5-15-30-24)26(23)31-27(28)22-17-20(29-3)13-14-25(22)32;/h4-15,17,32H,1-2H3;/q-1;. The van der Waals surface area contributed by atoms with Gasteiger partial charge in [-0.1, -0.05) is 61.4 Å². The molecule has 1 N–H and O–H groups in total. The van der Waals surface area contributed by atoms with Gasteiger partial charge in [0.15, 0.2) is 5.69 Å². The second-order valence-electron chi connectivity index (χ2n) is 8.29. The molecule has 5 rings (SSSR count). The van der Waals surface area contributed by atoms with Crippen LogP contribution in [0.25, 0.3) is 27.2 Å². The van der Waals surface area contributed by atoms with Gasteiger partial charge in [-0.25, -0.2) is 4.85 Å². The first-order chi connectivity index (χ1) is 15.5. The summed E-state index contributed by atoms with van der Waals surface area (Å²) in [6, 6.07) is 26.4. The maximum absolute atomic E-state index is 10.6. The van der Waals surface area contributed by atoms with Gasteiger partial charge in [-0.05, 0) is 23.8 Å². The second kappa shape index (κ2) is 8.77. The first-order valence-corrected chi connectivity index (χ1v) is 10.4. The van der Waals surface area contributed by atoms with E-state index >= 15 is 0 Å². The van der Waals surface area contributed by atoms with Gasteiger partial charge in [-0.15, -0.1) is 29.8 Å². The number of hydrogen-bond acceptors (Lipinski definition) is 3. The molecule has 1 aliphatic heterocycles. The van der Waals surface area contributed by atoms with Crippen molar-refractivity contribution in [3.8, 4) is 28.1 Å². The van der Waals surface area contributed by atoms with Gasteiger partial charge in [-0.3, -0.25) is 9.98 Å². The number of para-hydroxylation sites is 1. The molecule has 3 aromatic carbocycles. The maximum Gasteiger partial charge on any atom is 0.188 e. The van der Waals surface area contributed by atoms with Crippen molar-refractivity contribution in [2.75, 3.05) is 0 Å². The fourth-order valence-corrected chi connectivity index (χ4v) is 4.24. The third-order valence-electron chi connectivity index (χ3n) is 5.92. The molecule has 0 amide bonds. The van der Waals surface area contributed by atoms with Crippen LogP contribution in [0.1, 0.15) is 25.0 Å². The van der Waals surface area contributed by atoms with Crippen molar-refractivity contribution in [2.24, 2.45) is 4.99 Å². The number of aromatic nitrogens is 1. The summed E-state index contributed by atoms with van der Waals surface area (Å²) in [6.45, 7) is 11.5. The molecule has 5 heteroatoms. The van der Waals surface area contributed by atoms with E-state index in [4.69, 9.17) is 11.6 Å². The third kappa shape index (κ3) is 3.90. The van der Waals surface area contributed by atoms with E-state index in [1.54, 1.807) is 24.4 Å². The third-order valence-corrected chi connectivity index (χ3v) is 5.92. The Labute approximate surface area is 207 Å². The van der Waals surface area contributed by atoms with Crippen LogP contribution >= 0.6 is 0 Å². The molecule has 0 saturated carbocycles. The van der Waals surface area contributed by atoms with E-state index < -0.39 is 5.41 Å². The molecule has 0 aliphatic carbocycles. The smallest absolute Gasteiger partial charge is 0.188 e. The van der Waals surface area contributed by atoms with Gasteiger partial charge < -0.3 is 5.11 Å². The first-order valence-electron chi connectivity index (χ1n) is 10.4. The van der Waals surface area contributed by atoms with Crippen molar-refractivity contribution in [1.29, 1.82) is 0 Å². The second-order valence-corrected chi connectivity index (χ2v) is 8.29. The largest absolute Gasteiger partial charge is 0.507 e. The van der Waals surface area contributed by atoms with Crippen LogP contribution in [-0.4, -0.2) is 15.8 Å². The normalized spacial score (nSPS) is 13.4. The van der Waals surface area contributed by atoms with Crippen LogP contribution in [0.3, 0.4) is 0 Å². The molecule has 4 nitrogen and oxygen atoms in total. The Hall–Kier alpha value is -3.54. The van der Waals surface area contributed by atoms with E-state index in [9.17, 15) is 5.11 Å². The van der Waals surface area contributed by atoms with Crippen LogP contribution in [0, 0.1) is 12.6 Å². The minimum absolute atomic E-state index is 0. The van der Waals surface area contributed by atoms with Crippen LogP contribution in [0.5, 0.6) is 5.75 Å². The zero-order valence-electron chi connectivity index (χ0n) is 18.1. The number of pyridine rings is 1. The molecule has 0 fully saturated rings. The van der Waals surface area contributed by atoms with E-state index in [0.717, 1.165) is 39.3 Å². The van der Waals surface area contributed by atoms with Gasteiger partial charge in [0.05, 0.1) is 12.3 Å². The minimum Gasteiger partial charge on any atom is -0.507 e. The molecular weight excluding hydrogens is 589 g/mol. The number of phenolic OH excluding ortho intramolecular Hbond substituents is 1. The summed E-state index contributed by atoms with van der Waals surface area (Å²) in [5.41, 5.74) is 7.04. The topological polar surface area (TPSA) is 49.8 Å². The molecule has 164 valence electrons. The van der Waals surface area contributed by atoms with E-state index in [1.807, 2.05) is 48.5 Å². The van der Waals surface area contributed by atoms with Crippen molar-refractivity contribution in [3.63, 3.8) is 0 Å². The van der Waals surface area contributed by atoms with E-state index in [0.29, 0.717) is 11.3 Å². The quantitative estimate of drug-likeness (QED) is 0.258. The summed E-state index contributed by atoms with van der Waals surface area (Å²) in [4.78, 5) is 13.0. The van der Waals surface area contributed by atoms with Crippen LogP contribution < -0.4 is 0 Å². The SMILES string of the molecule is [C-]#[N+]c1ccc(O)c(C2=Nc3c(-c4[c-]c(-c5ccccn5)ccc4)cccc3C2(C)C)c1.[Pt]. The summed E-state index contributed by atoms with van der Waals surface area (Å²) >= 11 is 0. The van der Waals surface area contributed by atoms with Gasteiger partial charge in [0.1, 0.15) is 5.75 Å². The number of aromatic hydroxyl groups is 1. The van der Waals surface area contributed by atoms with Crippen molar-refractivity contribution in [1.82, 2.24) is 4.98 Å². The molecule has 33 heavy (non-hydrogen) atoms. The number of hydrogen-bond donors (Lipinski definition) is 1. The monoisotopic (exact) mass is 609 g/mol. The molecule has 0 bridgehead atoms. The molecule has 1 aromatic heterocycles. The number of benzene rings is 3. The molecular formula is C28H20N3OPt-. The Morgan fingerprint density at radius 3 is 2.45 bits per heavy atom. The molecule has 0 radical (unpaired) electrons. The number of nitrogens with zero attached hydrogens (tertiary/aromatic N) is 3. The van der Waals surface area contributed by atoms with Crippen molar-refractivity contribution >= 4 is 17.1 Å². The predicted octanol–water partition coefficient (Wildman–Crippen LogP) is 6.88. The number of fused-ring (bicyclic) bond motifs is 1. The van der Waals surface area contributed by atoms with E-state index in [1.165, 1.54) is 0 Å². The Bertz CT molecular complexity index is 1420. The molecule has 0 saturated heterocycles. The summed E-state index contributed by atoms with van der Waals surface area (Å²) in [5, 5.41) is 10.6. The van der Waals surface area contributed by atoms with Crippen LogP contribution in [0.4, 0.5) is 11.4 Å². The average molecular weight is 610 g/mol. The Morgan fingerprint density at radius 1 is 0.909 bits per heavy atom. The maximum atomic E-state index is 10.6. The van der Waals surface area contributed by atoms with Gasteiger partial charge in [-0.2, -0.15) is 0 Å². The average Bonchev–Trinajstić information content (AvgIpc) is 3.10. The van der Waals surface area contributed by atoms with Crippen LogP contribution in [0.15, 0.2) is 84.0 Å². The van der Waals surface area contributed by atoms with Crippen LogP contribution in [-0.2, 0) is 26.5 Å². The summed E-state index contributed by atoms with van der Waals surface area (Å²) in [5.74, 6) is 0.127. The molecule has 0 unspecified atom stereocenters. The van der Waals surface area contributed by atoms with E-state index in [-0.39, 0.29) is 26.8 Å². The van der Waals surface area contributed by atoms with Crippen molar-refractivity contribution < 1.29 is 26.2 Å². The molecule has 0 spiro atoms. The molecule has 0 atom stereocenters. The van der Waals surface area contributed by atoms with Crippen molar-refractivity contribution in [3.05, 3.63) is 108 Å². The van der Waals surface area contributed by atoms with E-state index in [2.05, 4.69) is 35.8 Å². The zero-order chi connectivity index (χ0) is 22.3. The van der Waals surface area contributed by atoms with Gasteiger partial charge in [0.25, 0.3) is 0 Å². The number of aliphatic imine (C=N–C) groups is 1. The van der Waals surface area contributed by atoms with Crippen molar-refractivity contribution in [2.45, 2.75) is 19.3 Å². The van der Waals surface area contributed by atoms with Gasteiger partial charge in [0.2, 0.25) is 0 Å². The molecule has 1 aliphatic rings. The van der Waals surface area contributed by atoms with Gasteiger partial charge >= 0.3 is 0 Å². The Morgan fingerprint density at radius 2 is 1.70 bits per heavy atom. The summed E-state index contributed by atoms with van der Waals surface area (Å²) in [7, 11) is 0. The summed E-state index contributed by atoms with van der Waals surface area (Å²) < 4.78 is 0.